The Labute approximate surface area is 350 Å². The summed E-state index contributed by atoms with van der Waals surface area (Å²) in [4.78, 5) is 21.1. The highest BCUT2D eigenvalue weighted by atomic mass is 14.9. The maximum absolute atomic E-state index is 5.38. The van der Waals surface area contributed by atoms with Crippen LogP contribution >= 0.6 is 0 Å². The molecule has 3 aromatic heterocycles. The van der Waals surface area contributed by atoms with E-state index in [1.165, 1.54) is 0 Å². The van der Waals surface area contributed by atoms with Crippen molar-refractivity contribution in [1.29, 1.82) is 0 Å². The highest BCUT2D eigenvalue weighted by Gasteiger charge is 2.17. The maximum Gasteiger partial charge on any atom is 0.160 e. The van der Waals surface area contributed by atoms with Crippen LogP contribution < -0.4 is 0 Å². The van der Waals surface area contributed by atoms with Crippen LogP contribution in [0.3, 0.4) is 0 Å². The Bertz CT molecular complexity index is 2530. The van der Waals surface area contributed by atoms with Gasteiger partial charge in [-0.1, -0.05) is 182 Å². The lowest BCUT2D eigenvalue weighted by Gasteiger charge is -2.15. The van der Waals surface area contributed by atoms with Crippen LogP contribution in [-0.2, 0) is 0 Å². The second-order valence-electron chi connectivity index (χ2n) is 14.7. The van der Waals surface area contributed by atoms with Gasteiger partial charge < -0.3 is 0 Å². The normalized spacial score (nSPS) is 11.0. The number of hydrogen-bond acceptors (Lipinski definition) is 4. The minimum Gasteiger partial charge on any atom is -0.248 e. The Balaban J connectivity index is 1.24. The molecule has 4 heteroatoms. The van der Waals surface area contributed by atoms with Gasteiger partial charge in [0.05, 0.1) is 34.2 Å². The van der Waals surface area contributed by atoms with Gasteiger partial charge in [-0.25, -0.2) is 19.9 Å². The van der Waals surface area contributed by atoms with Crippen molar-refractivity contribution in [2.45, 2.75) is 0 Å². The van der Waals surface area contributed by atoms with Crippen molar-refractivity contribution in [1.82, 2.24) is 19.9 Å². The van der Waals surface area contributed by atoms with Gasteiger partial charge >= 0.3 is 0 Å². The molecule has 0 radical (unpaired) electrons. The molecule has 0 aliphatic rings. The van der Waals surface area contributed by atoms with Gasteiger partial charge in [-0.05, 0) is 70.8 Å². The molecule has 0 fully saturated rings. The first-order valence-electron chi connectivity index (χ1n) is 20.1. The van der Waals surface area contributed by atoms with Gasteiger partial charge in [0, 0.05) is 38.9 Å². The van der Waals surface area contributed by atoms with Crippen LogP contribution in [0.2, 0.25) is 0 Å². The standard InChI is InChI=1S/C56H38N4/c1-7-19-39(20-8-1)45-34-50(41-23-11-3-12-24-41)57-52(36-45)47-31-48(53-37-46(40-21-9-2-10-22-40)35-51(58-53)42-25-13-4-14-26-42)33-49(32-47)55-38-54(43-27-15-5-16-28-43)59-56(60-55)44-29-17-6-18-30-44/h1-38H. The molecule has 0 bridgehead atoms. The minimum atomic E-state index is 0.657. The molecule has 60 heavy (non-hydrogen) atoms. The van der Waals surface area contributed by atoms with Crippen LogP contribution in [-0.4, -0.2) is 19.9 Å². The van der Waals surface area contributed by atoms with E-state index in [2.05, 4.69) is 182 Å². The van der Waals surface area contributed by atoms with Crippen LogP contribution in [0.4, 0.5) is 0 Å². The summed E-state index contributed by atoms with van der Waals surface area (Å²) in [6.45, 7) is 0. The molecule has 0 spiro atoms. The molecule has 0 amide bonds. The van der Waals surface area contributed by atoms with Crippen LogP contribution in [0.25, 0.3) is 101 Å². The van der Waals surface area contributed by atoms with Gasteiger partial charge in [-0.15, -0.1) is 0 Å². The van der Waals surface area contributed by atoms with Crippen LogP contribution in [0.15, 0.2) is 231 Å². The lowest BCUT2D eigenvalue weighted by Crippen LogP contribution is -1.98. The van der Waals surface area contributed by atoms with E-state index in [0.29, 0.717) is 5.82 Å². The summed E-state index contributed by atoms with van der Waals surface area (Å²) in [5.74, 6) is 0.657. The monoisotopic (exact) mass is 766 g/mol. The summed E-state index contributed by atoms with van der Waals surface area (Å²) in [5.41, 5.74) is 16.4. The number of pyridine rings is 2. The van der Waals surface area contributed by atoms with Crippen molar-refractivity contribution in [3.05, 3.63) is 231 Å². The van der Waals surface area contributed by atoms with E-state index in [4.69, 9.17) is 19.9 Å². The van der Waals surface area contributed by atoms with Crippen LogP contribution in [0.5, 0.6) is 0 Å². The molecular weight excluding hydrogens is 729 g/mol. The molecule has 282 valence electrons. The quantitative estimate of drug-likeness (QED) is 0.147. The van der Waals surface area contributed by atoms with Gasteiger partial charge in [0.1, 0.15) is 0 Å². The van der Waals surface area contributed by atoms with Crippen molar-refractivity contribution >= 4 is 0 Å². The first-order chi connectivity index (χ1) is 29.7. The number of rotatable bonds is 9. The third kappa shape index (κ3) is 7.78. The summed E-state index contributed by atoms with van der Waals surface area (Å²) < 4.78 is 0. The molecule has 0 unspecified atom stereocenters. The van der Waals surface area contributed by atoms with Gasteiger partial charge in [0.25, 0.3) is 0 Å². The molecule has 7 aromatic carbocycles. The number of aromatic nitrogens is 4. The first kappa shape index (κ1) is 36.3. The molecular formula is C56H38N4. The molecule has 0 N–H and O–H groups in total. The van der Waals surface area contributed by atoms with Crippen molar-refractivity contribution in [2.24, 2.45) is 0 Å². The number of nitrogens with zero attached hydrogens (tertiary/aromatic N) is 4. The summed E-state index contributed by atoms with van der Waals surface area (Å²) >= 11 is 0. The van der Waals surface area contributed by atoms with E-state index >= 15 is 0 Å². The lowest BCUT2D eigenvalue weighted by atomic mass is 9.94. The van der Waals surface area contributed by atoms with Crippen molar-refractivity contribution in [2.75, 3.05) is 0 Å². The van der Waals surface area contributed by atoms with Crippen molar-refractivity contribution in [3.8, 4) is 101 Å². The third-order valence-corrected chi connectivity index (χ3v) is 10.7. The molecule has 0 aliphatic heterocycles. The smallest absolute Gasteiger partial charge is 0.160 e. The fraction of sp³-hybridized carbons (Fsp3) is 0. The topological polar surface area (TPSA) is 51.6 Å². The Morgan fingerprint density at radius 2 is 0.417 bits per heavy atom. The fourth-order valence-electron chi connectivity index (χ4n) is 7.60. The zero-order valence-corrected chi connectivity index (χ0v) is 32.7. The molecule has 4 nitrogen and oxygen atoms in total. The van der Waals surface area contributed by atoms with Gasteiger partial charge in [-0.3, -0.25) is 0 Å². The molecule has 0 aliphatic carbocycles. The third-order valence-electron chi connectivity index (χ3n) is 10.7. The van der Waals surface area contributed by atoms with Gasteiger partial charge in [0.2, 0.25) is 0 Å². The molecule has 0 atom stereocenters. The van der Waals surface area contributed by atoms with E-state index in [-0.39, 0.29) is 0 Å². The number of hydrogen-bond donors (Lipinski definition) is 0. The maximum atomic E-state index is 5.38. The number of benzene rings is 7. The Kier molecular flexibility index (Phi) is 9.92. The predicted molar refractivity (Wildman–Crippen MR) is 247 cm³/mol. The summed E-state index contributed by atoms with van der Waals surface area (Å²) in [6.07, 6.45) is 0. The van der Waals surface area contributed by atoms with E-state index in [9.17, 15) is 0 Å². The zero-order chi connectivity index (χ0) is 40.1. The average molecular weight is 767 g/mol. The van der Waals surface area contributed by atoms with E-state index < -0.39 is 0 Å². The Morgan fingerprint density at radius 3 is 0.750 bits per heavy atom. The average Bonchev–Trinajstić information content (AvgIpc) is 3.35. The van der Waals surface area contributed by atoms with Crippen LogP contribution in [0.1, 0.15) is 0 Å². The highest BCUT2D eigenvalue weighted by Crippen LogP contribution is 2.38. The van der Waals surface area contributed by atoms with E-state index in [1.54, 1.807) is 0 Å². The predicted octanol–water partition coefficient (Wildman–Crippen LogP) is 14.3. The Hall–Kier alpha value is -8.08. The van der Waals surface area contributed by atoms with E-state index in [1.807, 2.05) is 48.5 Å². The molecule has 0 saturated heterocycles. The summed E-state index contributed by atoms with van der Waals surface area (Å²) in [7, 11) is 0. The first-order valence-corrected chi connectivity index (χ1v) is 20.1. The second kappa shape index (κ2) is 16.4. The second-order valence-corrected chi connectivity index (χ2v) is 14.7. The molecule has 0 saturated carbocycles. The highest BCUT2D eigenvalue weighted by molar-refractivity contribution is 5.85. The lowest BCUT2D eigenvalue weighted by molar-refractivity contribution is 1.18. The van der Waals surface area contributed by atoms with Crippen LogP contribution in [0, 0.1) is 0 Å². The fourth-order valence-corrected chi connectivity index (χ4v) is 7.60. The largest absolute Gasteiger partial charge is 0.248 e. The minimum absolute atomic E-state index is 0.657. The van der Waals surface area contributed by atoms with Crippen molar-refractivity contribution in [3.63, 3.8) is 0 Å². The molecule has 10 aromatic rings. The molecule has 3 heterocycles. The Morgan fingerprint density at radius 1 is 0.167 bits per heavy atom. The molecule has 10 rings (SSSR count). The summed E-state index contributed by atoms with van der Waals surface area (Å²) in [5, 5.41) is 0. The summed E-state index contributed by atoms with van der Waals surface area (Å²) in [6, 6.07) is 79.8. The van der Waals surface area contributed by atoms with E-state index in [0.717, 1.165) is 95.4 Å². The van der Waals surface area contributed by atoms with Crippen molar-refractivity contribution < 1.29 is 0 Å². The SMILES string of the molecule is c1ccc(-c2cc(-c3ccccc3)nc(-c3cc(-c4cc(-c5ccccc5)cc(-c5ccccc5)n4)cc(-c4cc(-c5ccccc5)nc(-c5ccccc5)n4)c3)c2)cc1. The van der Waals surface area contributed by atoms with Gasteiger partial charge in [-0.2, -0.15) is 0 Å². The van der Waals surface area contributed by atoms with Gasteiger partial charge in [0.15, 0.2) is 5.82 Å². The zero-order valence-electron chi connectivity index (χ0n) is 32.7.